The Balaban J connectivity index is 1.80. The molecular formula is C35H44O10. The van der Waals surface area contributed by atoms with E-state index in [-0.39, 0.29) is 24.5 Å². The Morgan fingerprint density at radius 3 is 2.27 bits per heavy atom. The molecule has 3 saturated carbocycles. The van der Waals surface area contributed by atoms with Gasteiger partial charge in [0.2, 0.25) is 0 Å². The Morgan fingerprint density at radius 1 is 1.04 bits per heavy atom. The summed E-state index contributed by atoms with van der Waals surface area (Å²) in [6.45, 7) is 13.1. The largest absolute Gasteiger partial charge is 0.472 e. The van der Waals surface area contributed by atoms with E-state index in [2.05, 4.69) is 0 Å². The van der Waals surface area contributed by atoms with Crippen molar-refractivity contribution in [2.24, 2.45) is 33.5 Å². The molecular weight excluding hydrogens is 580 g/mol. The zero-order valence-corrected chi connectivity index (χ0v) is 27.2. The van der Waals surface area contributed by atoms with Crippen molar-refractivity contribution in [2.45, 2.75) is 105 Å². The Bertz CT molecular complexity index is 1470. The van der Waals surface area contributed by atoms with Gasteiger partial charge >= 0.3 is 17.9 Å². The van der Waals surface area contributed by atoms with Crippen LogP contribution in [0.5, 0.6) is 0 Å². The number of ketones is 1. The number of Topliss-reactive ketones (excluding diaryl/α,β-unsaturated/α-hetero) is 1. The molecule has 0 unspecified atom stereocenters. The molecule has 3 fully saturated rings. The monoisotopic (exact) mass is 624 g/mol. The Labute approximate surface area is 263 Å². The number of hydrogen-bond donors (Lipinski definition) is 1. The molecule has 0 saturated heterocycles. The zero-order valence-electron chi connectivity index (χ0n) is 27.2. The van der Waals surface area contributed by atoms with Gasteiger partial charge < -0.3 is 28.5 Å². The highest BCUT2D eigenvalue weighted by molar-refractivity contribution is 5.92. The Hall–Kier alpha value is -3.53. The minimum Gasteiger partial charge on any atom is -0.472 e. The number of ether oxygens (including phenoxy) is 3. The van der Waals surface area contributed by atoms with Crippen LogP contribution in [-0.4, -0.2) is 59.5 Å². The number of rotatable bonds is 6. The van der Waals surface area contributed by atoms with Crippen LogP contribution in [-0.2, 0) is 38.2 Å². The second kappa shape index (κ2) is 11.1. The molecule has 4 aliphatic rings. The molecule has 0 radical (unpaired) electrons. The quantitative estimate of drug-likeness (QED) is 0.156. The normalized spacial score (nSPS) is 42.4. The van der Waals surface area contributed by atoms with Crippen LogP contribution in [0.15, 0.2) is 46.3 Å². The molecule has 10 heteroatoms. The maximum Gasteiger partial charge on any atom is 0.333 e. The van der Waals surface area contributed by atoms with Crippen LogP contribution in [0.1, 0.15) is 86.1 Å². The van der Waals surface area contributed by atoms with Crippen LogP contribution in [0.2, 0.25) is 0 Å². The van der Waals surface area contributed by atoms with Gasteiger partial charge in [0.05, 0.1) is 29.5 Å². The number of carbonyl (C=O) groups is 5. The lowest BCUT2D eigenvalue weighted by atomic mass is 9.35. The molecule has 10 nitrogen and oxygen atoms in total. The zero-order chi connectivity index (χ0) is 33.3. The summed E-state index contributed by atoms with van der Waals surface area (Å²) in [5, 5.41) is 12.1. The van der Waals surface area contributed by atoms with E-state index in [4.69, 9.17) is 18.6 Å². The van der Waals surface area contributed by atoms with Crippen LogP contribution in [0, 0.1) is 33.5 Å². The molecule has 0 spiro atoms. The maximum absolute atomic E-state index is 14.5. The van der Waals surface area contributed by atoms with Crippen LogP contribution in [0.4, 0.5) is 0 Å². The number of esters is 3. The van der Waals surface area contributed by atoms with Gasteiger partial charge in [0.1, 0.15) is 30.4 Å². The highest BCUT2D eigenvalue weighted by atomic mass is 16.6. The van der Waals surface area contributed by atoms with Crippen LogP contribution in [0.3, 0.4) is 0 Å². The molecule has 1 aromatic rings. The van der Waals surface area contributed by atoms with E-state index in [0.29, 0.717) is 18.3 Å². The van der Waals surface area contributed by atoms with E-state index >= 15 is 0 Å². The molecule has 0 bridgehead atoms. The molecule has 11 atom stereocenters. The molecule has 0 aromatic carbocycles. The maximum atomic E-state index is 14.5. The fourth-order valence-corrected chi connectivity index (χ4v) is 9.78. The lowest BCUT2D eigenvalue weighted by molar-refractivity contribution is -0.287. The molecule has 0 amide bonds. The van der Waals surface area contributed by atoms with Gasteiger partial charge in [-0.2, -0.15) is 0 Å². The van der Waals surface area contributed by atoms with Gasteiger partial charge in [-0.15, -0.1) is 0 Å². The number of hydrogen-bond acceptors (Lipinski definition) is 10. The third-order valence-corrected chi connectivity index (χ3v) is 12.0. The summed E-state index contributed by atoms with van der Waals surface area (Å²) < 4.78 is 23.5. The predicted molar refractivity (Wildman–Crippen MR) is 160 cm³/mol. The van der Waals surface area contributed by atoms with E-state index in [0.717, 1.165) is 11.1 Å². The first kappa shape index (κ1) is 32.9. The minimum absolute atomic E-state index is 0.0133. The third-order valence-electron chi connectivity index (χ3n) is 12.0. The number of fused-ring (bicyclic) bond motifs is 5. The summed E-state index contributed by atoms with van der Waals surface area (Å²) >= 11 is 0. The van der Waals surface area contributed by atoms with Gasteiger partial charge in [-0.05, 0) is 51.7 Å². The summed E-state index contributed by atoms with van der Waals surface area (Å²) in [5.74, 6) is -3.86. The van der Waals surface area contributed by atoms with E-state index in [9.17, 15) is 29.1 Å². The van der Waals surface area contributed by atoms with Crippen molar-refractivity contribution >= 4 is 30.0 Å². The fourth-order valence-electron chi connectivity index (χ4n) is 9.78. The predicted octanol–water partition coefficient (Wildman–Crippen LogP) is 4.64. The number of aldehydes is 1. The lowest BCUT2D eigenvalue weighted by Crippen LogP contribution is -2.76. The van der Waals surface area contributed by atoms with E-state index in [1.54, 1.807) is 39.4 Å². The second-order valence-corrected chi connectivity index (χ2v) is 14.2. The number of aliphatic hydroxyl groups excluding tert-OH is 1. The fraction of sp³-hybridized carbons (Fsp3) is 0.629. The molecule has 1 aromatic heterocycles. The van der Waals surface area contributed by atoms with Crippen LogP contribution < -0.4 is 0 Å². The molecule has 4 aliphatic carbocycles. The van der Waals surface area contributed by atoms with Crippen molar-refractivity contribution in [1.29, 1.82) is 0 Å². The van der Waals surface area contributed by atoms with Crippen molar-refractivity contribution in [3.63, 3.8) is 0 Å². The SMILES string of the molecule is C/C=C(\C)C(=O)O[C@@H]1[C@H](OC(C)=O)[C@H]2[C@](C)(C=O)[C@H](OC(C)=O)C[C@H](O)[C@]2(C)[C@H]2CC(=O)[C@]3(C)C(=CC[C@H]3c3ccoc3)[C@]12C. The number of allylic oxidation sites excluding steroid dienone is 2. The van der Waals surface area contributed by atoms with Gasteiger partial charge in [-0.1, -0.05) is 31.6 Å². The Morgan fingerprint density at radius 2 is 1.71 bits per heavy atom. The standard InChI is InChI=1S/C35H44O10/c1-9-18(2)31(41)45-30-28(44-20(4)38)29-32(5,17-36)27(43-19(3)37)15-26(40)35(29,8)24-14-25(39)33(6)22(21-12-13-42-16-21)10-11-23(33)34(24,30)7/h9,11-13,16-17,22,24,26-30,40H,10,14-15H2,1-8H3/b18-9+/t22-,24-,26-,27+,28+,29-,30+,32+,33-,34-,35-/m0/s1. The van der Waals surface area contributed by atoms with Crippen molar-refractivity contribution in [3.05, 3.63) is 47.5 Å². The summed E-state index contributed by atoms with van der Waals surface area (Å²) in [6, 6.07) is 1.84. The minimum atomic E-state index is -1.48. The summed E-state index contributed by atoms with van der Waals surface area (Å²) in [4.78, 5) is 66.4. The summed E-state index contributed by atoms with van der Waals surface area (Å²) in [6.07, 6.45) is 3.38. The van der Waals surface area contributed by atoms with Crippen molar-refractivity contribution in [1.82, 2.24) is 0 Å². The van der Waals surface area contributed by atoms with Gasteiger partial charge in [0.15, 0.2) is 0 Å². The van der Waals surface area contributed by atoms with E-state index in [1.165, 1.54) is 13.8 Å². The molecule has 1 heterocycles. The van der Waals surface area contributed by atoms with E-state index < -0.39 is 75.8 Å². The molecule has 0 aliphatic heterocycles. The van der Waals surface area contributed by atoms with Crippen LogP contribution in [0.25, 0.3) is 0 Å². The lowest BCUT2D eigenvalue weighted by Gasteiger charge is -2.70. The average molecular weight is 625 g/mol. The van der Waals surface area contributed by atoms with Crippen molar-refractivity contribution in [3.8, 4) is 0 Å². The van der Waals surface area contributed by atoms with Crippen molar-refractivity contribution in [2.75, 3.05) is 0 Å². The number of carbonyl (C=O) groups excluding carboxylic acids is 5. The molecule has 45 heavy (non-hydrogen) atoms. The van der Waals surface area contributed by atoms with Gasteiger partial charge in [-0.25, -0.2) is 4.79 Å². The number of aliphatic hydroxyl groups is 1. The van der Waals surface area contributed by atoms with Gasteiger partial charge in [-0.3, -0.25) is 14.4 Å². The third kappa shape index (κ3) is 4.49. The average Bonchev–Trinajstić information content (AvgIpc) is 3.63. The first-order valence-corrected chi connectivity index (χ1v) is 15.6. The molecule has 244 valence electrons. The number of furan rings is 1. The molecule has 5 rings (SSSR count). The van der Waals surface area contributed by atoms with Gasteiger partial charge in [0.25, 0.3) is 0 Å². The topological polar surface area (TPSA) is 146 Å². The summed E-state index contributed by atoms with van der Waals surface area (Å²) in [7, 11) is 0. The van der Waals surface area contributed by atoms with Gasteiger partial charge in [0, 0.05) is 54.9 Å². The van der Waals surface area contributed by atoms with Crippen LogP contribution >= 0.6 is 0 Å². The molecule has 1 N–H and O–H groups in total. The second-order valence-electron chi connectivity index (χ2n) is 14.2. The Kier molecular flexibility index (Phi) is 8.08. The van der Waals surface area contributed by atoms with Crippen molar-refractivity contribution < 1.29 is 47.7 Å². The first-order chi connectivity index (χ1) is 21.0. The highest BCUT2D eigenvalue weighted by Gasteiger charge is 2.77. The summed E-state index contributed by atoms with van der Waals surface area (Å²) in [5.41, 5.74) is -2.87. The highest BCUT2D eigenvalue weighted by Crippen LogP contribution is 2.73. The smallest absolute Gasteiger partial charge is 0.333 e. The van der Waals surface area contributed by atoms with E-state index in [1.807, 2.05) is 32.9 Å². The first-order valence-electron chi connectivity index (χ1n) is 15.6.